The number of hydrogen-bond acceptors (Lipinski definition) is 2. The topological polar surface area (TPSA) is 9.23 Å². The summed E-state index contributed by atoms with van der Waals surface area (Å²) >= 11 is 2.06. The van der Waals surface area contributed by atoms with Gasteiger partial charge in [0.05, 0.1) is 6.61 Å². The third kappa shape index (κ3) is 2.59. The van der Waals surface area contributed by atoms with E-state index in [0.29, 0.717) is 0 Å². The van der Waals surface area contributed by atoms with Crippen molar-refractivity contribution in [2.75, 3.05) is 19.0 Å². The summed E-state index contributed by atoms with van der Waals surface area (Å²) < 4.78 is 5.23. The van der Waals surface area contributed by atoms with Gasteiger partial charge < -0.3 is 4.74 Å². The minimum absolute atomic E-state index is 0.810. The fourth-order valence-electron chi connectivity index (χ4n) is 0.929. The van der Waals surface area contributed by atoms with E-state index in [1.165, 1.54) is 18.6 Å². The minimum atomic E-state index is 0.810. The maximum absolute atomic E-state index is 5.23. The summed E-state index contributed by atoms with van der Waals surface area (Å²) in [6.45, 7) is 4.20. The molecule has 54 valence electrons. The second-order valence-electron chi connectivity index (χ2n) is 2.36. The molecule has 0 N–H and O–H groups in total. The summed E-state index contributed by atoms with van der Waals surface area (Å²) in [7, 11) is 0. The lowest BCUT2D eigenvalue weighted by atomic mass is 10.4. The molecule has 0 bridgehead atoms. The first kappa shape index (κ1) is 7.42. The molecule has 1 atom stereocenters. The highest BCUT2D eigenvalue weighted by Gasteiger charge is 2.14. The lowest BCUT2D eigenvalue weighted by Gasteiger charge is -2.03. The Labute approximate surface area is 61.2 Å². The van der Waals surface area contributed by atoms with Crippen molar-refractivity contribution in [2.45, 2.75) is 25.0 Å². The lowest BCUT2D eigenvalue weighted by Crippen LogP contribution is -2.00. The Balaban J connectivity index is 1.98. The Hall–Kier alpha value is 0.310. The second kappa shape index (κ2) is 4.18. The summed E-state index contributed by atoms with van der Waals surface area (Å²) in [5.41, 5.74) is 0. The van der Waals surface area contributed by atoms with Crippen LogP contribution in [0.5, 0.6) is 0 Å². The Kier molecular flexibility index (Phi) is 3.44. The fraction of sp³-hybridized carbons (Fsp3) is 1.00. The van der Waals surface area contributed by atoms with E-state index in [9.17, 15) is 0 Å². The first-order valence-corrected chi connectivity index (χ1v) is 4.67. The van der Waals surface area contributed by atoms with Crippen LogP contribution in [0, 0.1) is 0 Å². The zero-order valence-electron chi connectivity index (χ0n) is 5.93. The SMILES string of the molecule is CCCSC1CCOC1. The van der Waals surface area contributed by atoms with Gasteiger partial charge in [-0.1, -0.05) is 6.92 Å². The fourth-order valence-corrected chi connectivity index (χ4v) is 1.95. The van der Waals surface area contributed by atoms with E-state index in [0.717, 1.165) is 18.5 Å². The molecule has 0 amide bonds. The van der Waals surface area contributed by atoms with E-state index >= 15 is 0 Å². The Morgan fingerprint density at radius 2 is 2.56 bits per heavy atom. The van der Waals surface area contributed by atoms with Crippen molar-refractivity contribution < 1.29 is 4.74 Å². The Morgan fingerprint density at radius 3 is 3.11 bits per heavy atom. The predicted molar refractivity (Wildman–Crippen MR) is 42.0 cm³/mol. The number of hydrogen-bond donors (Lipinski definition) is 0. The molecule has 0 aromatic rings. The normalized spacial score (nSPS) is 27.0. The van der Waals surface area contributed by atoms with Gasteiger partial charge in [-0.2, -0.15) is 11.8 Å². The zero-order valence-corrected chi connectivity index (χ0v) is 6.75. The quantitative estimate of drug-likeness (QED) is 0.601. The molecule has 9 heavy (non-hydrogen) atoms. The van der Waals surface area contributed by atoms with Gasteiger partial charge in [0.25, 0.3) is 0 Å². The van der Waals surface area contributed by atoms with Crippen molar-refractivity contribution in [3.8, 4) is 0 Å². The van der Waals surface area contributed by atoms with Gasteiger partial charge in [-0.3, -0.25) is 0 Å². The van der Waals surface area contributed by atoms with E-state index in [2.05, 4.69) is 18.7 Å². The second-order valence-corrected chi connectivity index (χ2v) is 3.76. The molecule has 0 radical (unpaired) electrons. The highest BCUT2D eigenvalue weighted by atomic mass is 32.2. The largest absolute Gasteiger partial charge is 0.380 e. The summed E-state index contributed by atoms with van der Waals surface area (Å²) in [6, 6.07) is 0. The van der Waals surface area contributed by atoms with Crippen molar-refractivity contribution in [3.63, 3.8) is 0 Å². The lowest BCUT2D eigenvalue weighted by molar-refractivity contribution is 0.199. The Morgan fingerprint density at radius 1 is 1.67 bits per heavy atom. The first-order valence-electron chi connectivity index (χ1n) is 3.63. The van der Waals surface area contributed by atoms with Crippen LogP contribution in [0.4, 0.5) is 0 Å². The van der Waals surface area contributed by atoms with E-state index in [4.69, 9.17) is 4.74 Å². The van der Waals surface area contributed by atoms with Crippen LogP contribution in [0.3, 0.4) is 0 Å². The number of thioether (sulfide) groups is 1. The molecular weight excluding hydrogens is 132 g/mol. The van der Waals surface area contributed by atoms with Gasteiger partial charge in [0, 0.05) is 11.9 Å². The van der Waals surface area contributed by atoms with Crippen LogP contribution in [0.1, 0.15) is 19.8 Å². The molecule has 0 aromatic carbocycles. The van der Waals surface area contributed by atoms with Gasteiger partial charge in [-0.15, -0.1) is 0 Å². The van der Waals surface area contributed by atoms with Gasteiger partial charge in [0.1, 0.15) is 0 Å². The van der Waals surface area contributed by atoms with Crippen LogP contribution in [-0.4, -0.2) is 24.2 Å². The van der Waals surface area contributed by atoms with E-state index < -0.39 is 0 Å². The highest BCUT2D eigenvalue weighted by molar-refractivity contribution is 7.99. The van der Waals surface area contributed by atoms with Crippen molar-refractivity contribution >= 4 is 11.8 Å². The summed E-state index contributed by atoms with van der Waals surface area (Å²) in [4.78, 5) is 0. The molecule has 1 fully saturated rings. The summed E-state index contributed by atoms with van der Waals surface area (Å²) in [5.74, 6) is 1.30. The van der Waals surface area contributed by atoms with E-state index in [-0.39, 0.29) is 0 Å². The minimum Gasteiger partial charge on any atom is -0.380 e. The maximum atomic E-state index is 5.23. The van der Waals surface area contributed by atoms with Crippen LogP contribution < -0.4 is 0 Å². The van der Waals surface area contributed by atoms with Crippen LogP contribution in [0.15, 0.2) is 0 Å². The third-order valence-electron chi connectivity index (χ3n) is 1.45. The molecule has 2 heteroatoms. The third-order valence-corrected chi connectivity index (χ3v) is 2.93. The zero-order chi connectivity index (χ0) is 6.53. The van der Waals surface area contributed by atoms with Crippen molar-refractivity contribution in [1.29, 1.82) is 0 Å². The molecule has 1 saturated heterocycles. The maximum Gasteiger partial charge on any atom is 0.0585 e. The molecule has 1 aliphatic heterocycles. The van der Waals surface area contributed by atoms with Crippen LogP contribution >= 0.6 is 11.8 Å². The van der Waals surface area contributed by atoms with Crippen LogP contribution in [-0.2, 0) is 4.74 Å². The molecule has 1 aliphatic rings. The summed E-state index contributed by atoms with van der Waals surface area (Å²) in [5, 5.41) is 0.810. The number of ether oxygens (including phenoxy) is 1. The molecule has 1 rings (SSSR count). The van der Waals surface area contributed by atoms with Crippen molar-refractivity contribution in [1.82, 2.24) is 0 Å². The monoisotopic (exact) mass is 146 g/mol. The van der Waals surface area contributed by atoms with Gasteiger partial charge in [0.15, 0.2) is 0 Å². The van der Waals surface area contributed by atoms with Crippen LogP contribution in [0.25, 0.3) is 0 Å². The molecular formula is C7H14OS. The molecule has 0 spiro atoms. The van der Waals surface area contributed by atoms with Crippen molar-refractivity contribution in [2.24, 2.45) is 0 Å². The van der Waals surface area contributed by atoms with E-state index in [1.807, 2.05) is 0 Å². The average Bonchev–Trinajstić information content (AvgIpc) is 2.34. The Bertz CT molecular complexity index is 69.3. The van der Waals surface area contributed by atoms with Gasteiger partial charge in [-0.05, 0) is 18.6 Å². The number of rotatable bonds is 3. The molecule has 0 aliphatic carbocycles. The van der Waals surface area contributed by atoms with Gasteiger partial charge >= 0.3 is 0 Å². The molecule has 1 unspecified atom stereocenters. The molecule has 0 aromatic heterocycles. The highest BCUT2D eigenvalue weighted by Crippen LogP contribution is 2.20. The van der Waals surface area contributed by atoms with E-state index in [1.54, 1.807) is 0 Å². The van der Waals surface area contributed by atoms with Crippen molar-refractivity contribution in [3.05, 3.63) is 0 Å². The molecule has 1 heterocycles. The smallest absolute Gasteiger partial charge is 0.0585 e. The molecule has 0 saturated carbocycles. The van der Waals surface area contributed by atoms with Crippen LogP contribution in [0.2, 0.25) is 0 Å². The average molecular weight is 146 g/mol. The standard InChI is InChI=1S/C7H14OS/c1-2-5-9-7-3-4-8-6-7/h7H,2-6H2,1H3. The molecule has 1 nitrogen and oxygen atoms in total. The predicted octanol–water partition coefficient (Wildman–Crippen LogP) is 1.92. The van der Waals surface area contributed by atoms with Gasteiger partial charge in [0.2, 0.25) is 0 Å². The summed E-state index contributed by atoms with van der Waals surface area (Å²) in [6.07, 6.45) is 2.56. The first-order chi connectivity index (χ1) is 4.43. The van der Waals surface area contributed by atoms with Gasteiger partial charge in [-0.25, -0.2) is 0 Å².